The van der Waals surface area contributed by atoms with E-state index < -0.39 is 0 Å². The molecule has 18 heavy (non-hydrogen) atoms. The summed E-state index contributed by atoms with van der Waals surface area (Å²) in [6, 6.07) is 0.576. The highest BCUT2D eigenvalue weighted by atomic mass is 16.5. The average molecular weight is 252 g/mol. The molecule has 1 aliphatic heterocycles. The van der Waals surface area contributed by atoms with E-state index in [9.17, 15) is 0 Å². The Labute approximate surface area is 109 Å². The van der Waals surface area contributed by atoms with Crippen LogP contribution < -0.4 is 10.2 Å². The number of nitrogens with one attached hydrogen (secondary N) is 1. The second-order valence-corrected chi connectivity index (χ2v) is 4.94. The fraction of sp³-hybridized carbons (Fsp3) is 0.769. The van der Waals surface area contributed by atoms with Crippen molar-refractivity contribution in [2.45, 2.75) is 32.4 Å². The van der Waals surface area contributed by atoms with Crippen LogP contribution in [0, 0.1) is 6.92 Å². The number of hydrogen-bond acceptors (Lipinski definition) is 4. The van der Waals surface area contributed by atoms with Gasteiger partial charge in [0, 0.05) is 39.0 Å². The summed E-state index contributed by atoms with van der Waals surface area (Å²) in [6.07, 6.45) is 4.59. The maximum atomic E-state index is 5.16. The van der Waals surface area contributed by atoms with E-state index in [4.69, 9.17) is 4.74 Å². The van der Waals surface area contributed by atoms with Gasteiger partial charge in [-0.25, -0.2) is 4.98 Å². The summed E-state index contributed by atoms with van der Waals surface area (Å²) in [6.45, 7) is 5.79. The van der Waals surface area contributed by atoms with Crippen LogP contribution in [0.5, 0.6) is 0 Å². The Hall–Kier alpha value is -1.07. The Balaban J connectivity index is 2.10. The van der Waals surface area contributed by atoms with Crippen LogP contribution in [0.15, 0.2) is 6.20 Å². The lowest BCUT2D eigenvalue weighted by Crippen LogP contribution is -2.45. The van der Waals surface area contributed by atoms with Gasteiger partial charge in [-0.2, -0.15) is 0 Å². The first kappa shape index (κ1) is 13.4. The van der Waals surface area contributed by atoms with E-state index in [1.165, 1.54) is 12.8 Å². The zero-order chi connectivity index (χ0) is 13.0. The predicted molar refractivity (Wildman–Crippen MR) is 73.1 cm³/mol. The van der Waals surface area contributed by atoms with Crippen molar-refractivity contribution in [3.05, 3.63) is 11.9 Å². The Morgan fingerprint density at radius 1 is 1.56 bits per heavy atom. The number of hydrogen-bond donors (Lipinski definition) is 1. The molecule has 0 amide bonds. The van der Waals surface area contributed by atoms with Gasteiger partial charge in [-0.15, -0.1) is 0 Å². The third-order valence-corrected chi connectivity index (χ3v) is 3.52. The third kappa shape index (κ3) is 3.03. The minimum Gasteiger partial charge on any atom is -0.383 e. The van der Waals surface area contributed by atoms with Gasteiger partial charge < -0.3 is 19.5 Å². The number of imidazole rings is 1. The number of methoxy groups -OCH3 is 1. The van der Waals surface area contributed by atoms with Crippen LogP contribution in [0.2, 0.25) is 0 Å². The van der Waals surface area contributed by atoms with Gasteiger partial charge in [0.2, 0.25) is 5.95 Å². The predicted octanol–water partition coefficient (Wildman–Crippen LogP) is 1.03. The maximum Gasteiger partial charge on any atom is 0.205 e. The molecule has 0 radical (unpaired) electrons. The van der Waals surface area contributed by atoms with Gasteiger partial charge in [-0.1, -0.05) is 0 Å². The van der Waals surface area contributed by atoms with Gasteiger partial charge in [0.15, 0.2) is 0 Å². The van der Waals surface area contributed by atoms with Crippen LogP contribution in [0.25, 0.3) is 0 Å². The molecule has 1 fully saturated rings. The van der Waals surface area contributed by atoms with E-state index in [2.05, 4.69) is 26.0 Å². The summed E-state index contributed by atoms with van der Waals surface area (Å²) in [5, 5.41) is 3.37. The number of anilines is 1. The van der Waals surface area contributed by atoms with Crippen molar-refractivity contribution in [1.29, 1.82) is 0 Å². The van der Waals surface area contributed by atoms with E-state index >= 15 is 0 Å². The van der Waals surface area contributed by atoms with Crippen molar-refractivity contribution >= 4 is 5.95 Å². The van der Waals surface area contributed by atoms with Crippen LogP contribution in [0.1, 0.15) is 18.5 Å². The summed E-state index contributed by atoms with van der Waals surface area (Å²) in [5.74, 6) is 1.09. The molecule has 1 aromatic heterocycles. The molecule has 1 aromatic rings. The minimum absolute atomic E-state index is 0.576. The van der Waals surface area contributed by atoms with Crippen molar-refractivity contribution in [3.8, 4) is 0 Å². The number of aryl methyl sites for hydroxylation is 1. The lowest BCUT2D eigenvalue weighted by Gasteiger charge is -2.33. The van der Waals surface area contributed by atoms with Gasteiger partial charge in [0.05, 0.1) is 12.3 Å². The van der Waals surface area contributed by atoms with Crippen LogP contribution in [-0.4, -0.2) is 49.4 Å². The number of likely N-dealkylation sites (N-methyl/N-ethyl adjacent to an activating group) is 1. The van der Waals surface area contributed by atoms with E-state index in [-0.39, 0.29) is 0 Å². The number of nitrogens with zero attached hydrogens (tertiary/aromatic N) is 3. The first-order chi connectivity index (χ1) is 8.74. The molecule has 102 valence electrons. The highest BCUT2D eigenvalue weighted by molar-refractivity contribution is 5.34. The molecular formula is C13H24N4O. The van der Waals surface area contributed by atoms with Crippen LogP contribution in [0.3, 0.4) is 0 Å². The molecular weight excluding hydrogens is 228 g/mol. The van der Waals surface area contributed by atoms with Gasteiger partial charge >= 0.3 is 0 Å². The van der Waals surface area contributed by atoms with Crippen LogP contribution in [-0.2, 0) is 11.3 Å². The molecule has 1 N–H and O–H groups in total. The summed E-state index contributed by atoms with van der Waals surface area (Å²) in [4.78, 5) is 7.04. The maximum absolute atomic E-state index is 5.16. The summed E-state index contributed by atoms with van der Waals surface area (Å²) in [7, 11) is 3.78. The van der Waals surface area contributed by atoms with E-state index in [0.29, 0.717) is 6.04 Å². The van der Waals surface area contributed by atoms with Crippen molar-refractivity contribution in [1.82, 2.24) is 14.9 Å². The van der Waals surface area contributed by atoms with Crippen molar-refractivity contribution in [2.75, 3.05) is 38.8 Å². The number of ether oxygens (including phenoxy) is 1. The molecule has 5 heteroatoms. The largest absolute Gasteiger partial charge is 0.383 e. The zero-order valence-corrected chi connectivity index (χ0v) is 11.6. The first-order valence-electron chi connectivity index (χ1n) is 6.69. The molecule has 2 rings (SSSR count). The highest BCUT2D eigenvalue weighted by Gasteiger charge is 2.22. The molecule has 5 nitrogen and oxygen atoms in total. The molecule has 2 heterocycles. The number of piperidine rings is 1. The fourth-order valence-corrected chi connectivity index (χ4v) is 2.54. The Kier molecular flexibility index (Phi) is 4.60. The van der Waals surface area contributed by atoms with Crippen molar-refractivity contribution < 1.29 is 4.74 Å². The van der Waals surface area contributed by atoms with Crippen LogP contribution >= 0.6 is 0 Å². The summed E-state index contributed by atoms with van der Waals surface area (Å²) < 4.78 is 7.37. The molecule has 0 bridgehead atoms. The SMILES string of the molecule is CNC1CCCN(c2nc(C)cn2CCOC)C1. The Morgan fingerprint density at radius 2 is 2.39 bits per heavy atom. The second kappa shape index (κ2) is 6.20. The second-order valence-electron chi connectivity index (χ2n) is 4.94. The molecule has 0 spiro atoms. The average Bonchev–Trinajstić information content (AvgIpc) is 2.77. The monoisotopic (exact) mass is 252 g/mol. The molecule has 1 atom stereocenters. The molecule has 0 saturated carbocycles. The highest BCUT2D eigenvalue weighted by Crippen LogP contribution is 2.19. The zero-order valence-electron chi connectivity index (χ0n) is 11.6. The number of aromatic nitrogens is 2. The van der Waals surface area contributed by atoms with Gasteiger partial charge in [0.25, 0.3) is 0 Å². The molecule has 0 aromatic carbocycles. The molecule has 1 unspecified atom stereocenters. The number of rotatable bonds is 5. The van der Waals surface area contributed by atoms with E-state index in [1.807, 2.05) is 14.0 Å². The minimum atomic E-state index is 0.576. The van der Waals surface area contributed by atoms with Crippen LogP contribution in [0.4, 0.5) is 5.95 Å². The van der Waals surface area contributed by atoms with Gasteiger partial charge in [-0.3, -0.25) is 0 Å². The Bertz CT molecular complexity index is 377. The normalized spacial score (nSPS) is 20.4. The lowest BCUT2D eigenvalue weighted by atomic mass is 10.1. The standard InChI is InChI=1S/C13H24N4O/c1-11-9-17(7-8-18-3)13(15-11)16-6-4-5-12(10-16)14-2/h9,12,14H,4-8,10H2,1-3H3. The van der Waals surface area contributed by atoms with E-state index in [0.717, 1.165) is 37.9 Å². The van der Waals surface area contributed by atoms with Gasteiger partial charge in [0.1, 0.15) is 0 Å². The lowest BCUT2D eigenvalue weighted by molar-refractivity contribution is 0.187. The van der Waals surface area contributed by atoms with Crippen molar-refractivity contribution in [3.63, 3.8) is 0 Å². The van der Waals surface area contributed by atoms with Crippen molar-refractivity contribution in [2.24, 2.45) is 0 Å². The van der Waals surface area contributed by atoms with E-state index in [1.54, 1.807) is 7.11 Å². The third-order valence-electron chi connectivity index (χ3n) is 3.52. The molecule has 1 saturated heterocycles. The van der Waals surface area contributed by atoms with Gasteiger partial charge in [-0.05, 0) is 26.8 Å². The summed E-state index contributed by atoms with van der Waals surface area (Å²) >= 11 is 0. The smallest absolute Gasteiger partial charge is 0.205 e. The topological polar surface area (TPSA) is 42.3 Å². The molecule has 0 aliphatic carbocycles. The Morgan fingerprint density at radius 3 is 3.11 bits per heavy atom. The fourth-order valence-electron chi connectivity index (χ4n) is 2.54. The summed E-state index contributed by atoms with van der Waals surface area (Å²) in [5.41, 5.74) is 1.08. The first-order valence-corrected chi connectivity index (χ1v) is 6.69. The quantitative estimate of drug-likeness (QED) is 0.850. The molecule has 1 aliphatic rings.